The fourth-order valence-corrected chi connectivity index (χ4v) is 4.16. The molecule has 5 nitrogen and oxygen atoms in total. The first-order valence-electron chi connectivity index (χ1n) is 11.0. The van der Waals surface area contributed by atoms with Crippen LogP contribution in [0.4, 0.5) is 10.1 Å². The SMILES string of the molecule is Cc1ccc(Sc2ccc(NC(=O)CCC(=O)OC(CCCl)C(=O)c3ccc(F)cc3)cc2)cc1. The number of carbonyl (C=O) groups is 3. The molecular formula is C27H25ClFNO4S. The van der Waals surface area contributed by atoms with Crippen molar-refractivity contribution in [3.63, 3.8) is 0 Å². The third-order valence-corrected chi connectivity index (χ3v) is 6.25. The molecule has 1 amide bonds. The van der Waals surface area contributed by atoms with Crippen molar-refractivity contribution in [2.24, 2.45) is 0 Å². The number of alkyl halides is 1. The van der Waals surface area contributed by atoms with Crippen LogP contribution in [0.3, 0.4) is 0 Å². The lowest BCUT2D eigenvalue weighted by Gasteiger charge is -2.16. The van der Waals surface area contributed by atoms with Gasteiger partial charge in [-0.2, -0.15) is 0 Å². The van der Waals surface area contributed by atoms with Crippen LogP contribution in [-0.4, -0.2) is 29.6 Å². The lowest BCUT2D eigenvalue weighted by atomic mass is 10.0. The number of ketones is 1. The molecule has 0 saturated carbocycles. The number of carbonyl (C=O) groups excluding carboxylic acids is 3. The highest BCUT2D eigenvalue weighted by atomic mass is 35.5. The van der Waals surface area contributed by atoms with E-state index in [-0.39, 0.29) is 36.6 Å². The van der Waals surface area contributed by atoms with Crippen LogP contribution < -0.4 is 5.32 Å². The normalized spacial score (nSPS) is 11.5. The number of rotatable bonds is 11. The number of hydrogen-bond donors (Lipinski definition) is 1. The van der Waals surface area contributed by atoms with Crippen molar-refractivity contribution in [2.45, 2.75) is 42.1 Å². The Balaban J connectivity index is 1.47. The molecule has 1 atom stereocenters. The van der Waals surface area contributed by atoms with E-state index in [4.69, 9.17) is 16.3 Å². The van der Waals surface area contributed by atoms with Gasteiger partial charge in [-0.3, -0.25) is 14.4 Å². The summed E-state index contributed by atoms with van der Waals surface area (Å²) in [6.07, 6.45) is -1.27. The zero-order valence-corrected chi connectivity index (χ0v) is 20.7. The highest BCUT2D eigenvalue weighted by Crippen LogP contribution is 2.28. The monoisotopic (exact) mass is 513 g/mol. The number of anilines is 1. The van der Waals surface area contributed by atoms with Crippen LogP contribution in [-0.2, 0) is 14.3 Å². The van der Waals surface area contributed by atoms with E-state index >= 15 is 0 Å². The van der Waals surface area contributed by atoms with Crippen LogP contribution in [0.15, 0.2) is 82.6 Å². The molecule has 0 heterocycles. The maximum atomic E-state index is 13.1. The summed E-state index contributed by atoms with van der Waals surface area (Å²) in [5.74, 6) is -1.87. The summed E-state index contributed by atoms with van der Waals surface area (Å²) in [6, 6.07) is 20.6. The summed E-state index contributed by atoms with van der Waals surface area (Å²) in [4.78, 5) is 39.3. The van der Waals surface area contributed by atoms with Gasteiger partial charge in [0.15, 0.2) is 6.10 Å². The summed E-state index contributed by atoms with van der Waals surface area (Å²) in [7, 11) is 0. The number of Topliss-reactive ketones (excluding diaryl/α,β-unsaturated/α-hetero) is 1. The molecule has 3 aromatic carbocycles. The lowest BCUT2D eigenvalue weighted by Crippen LogP contribution is -2.28. The quantitative estimate of drug-likeness (QED) is 0.182. The Morgan fingerprint density at radius 3 is 2.11 bits per heavy atom. The predicted octanol–water partition coefficient (Wildman–Crippen LogP) is 6.43. The van der Waals surface area contributed by atoms with E-state index < -0.39 is 23.7 Å². The molecule has 0 aliphatic carbocycles. The molecule has 8 heteroatoms. The van der Waals surface area contributed by atoms with Crippen LogP contribution in [0, 0.1) is 12.7 Å². The maximum absolute atomic E-state index is 13.1. The second-order valence-electron chi connectivity index (χ2n) is 7.81. The molecule has 0 saturated heterocycles. The molecule has 1 N–H and O–H groups in total. The fraction of sp³-hybridized carbons (Fsp3) is 0.222. The van der Waals surface area contributed by atoms with Crippen LogP contribution >= 0.6 is 23.4 Å². The minimum atomic E-state index is -1.09. The van der Waals surface area contributed by atoms with Crippen molar-refractivity contribution in [3.8, 4) is 0 Å². The van der Waals surface area contributed by atoms with Crippen LogP contribution in [0.1, 0.15) is 35.2 Å². The molecule has 0 bridgehead atoms. The first-order chi connectivity index (χ1) is 16.8. The predicted molar refractivity (Wildman–Crippen MR) is 136 cm³/mol. The fourth-order valence-electron chi connectivity index (χ4n) is 3.15. The highest BCUT2D eigenvalue weighted by molar-refractivity contribution is 7.99. The third kappa shape index (κ3) is 8.53. The molecule has 0 aliphatic rings. The van der Waals surface area contributed by atoms with Gasteiger partial charge < -0.3 is 10.1 Å². The largest absolute Gasteiger partial charge is 0.454 e. The van der Waals surface area contributed by atoms with E-state index in [1.807, 2.05) is 19.1 Å². The van der Waals surface area contributed by atoms with Crippen molar-refractivity contribution in [1.29, 1.82) is 0 Å². The Bertz CT molecular complexity index is 1150. The smallest absolute Gasteiger partial charge is 0.307 e. The number of ether oxygens (including phenoxy) is 1. The Labute approximate surface area is 213 Å². The average molecular weight is 514 g/mol. The Kier molecular flexibility index (Phi) is 9.87. The Hall–Kier alpha value is -3.16. The minimum Gasteiger partial charge on any atom is -0.454 e. The van der Waals surface area contributed by atoms with Crippen molar-refractivity contribution < 1.29 is 23.5 Å². The first kappa shape index (κ1) is 26.4. The molecule has 0 fully saturated rings. The van der Waals surface area contributed by atoms with Gasteiger partial charge >= 0.3 is 5.97 Å². The summed E-state index contributed by atoms with van der Waals surface area (Å²) in [5.41, 5.74) is 2.03. The van der Waals surface area contributed by atoms with Crippen LogP contribution in [0.25, 0.3) is 0 Å². The summed E-state index contributed by atoms with van der Waals surface area (Å²) < 4.78 is 18.4. The second-order valence-corrected chi connectivity index (χ2v) is 9.34. The number of benzene rings is 3. The van der Waals surface area contributed by atoms with E-state index in [1.165, 1.54) is 17.7 Å². The number of esters is 1. The first-order valence-corrected chi connectivity index (χ1v) is 12.4. The maximum Gasteiger partial charge on any atom is 0.307 e. The van der Waals surface area contributed by atoms with E-state index in [1.54, 1.807) is 23.9 Å². The molecule has 35 heavy (non-hydrogen) atoms. The third-order valence-electron chi connectivity index (χ3n) is 5.02. The Morgan fingerprint density at radius 1 is 0.914 bits per heavy atom. The zero-order chi connectivity index (χ0) is 25.2. The van der Waals surface area contributed by atoms with Gasteiger partial charge in [-0.25, -0.2) is 4.39 Å². The van der Waals surface area contributed by atoms with Gasteiger partial charge in [0.05, 0.1) is 6.42 Å². The van der Waals surface area contributed by atoms with Gasteiger partial charge in [0.2, 0.25) is 11.7 Å². The number of aryl methyl sites for hydroxylation is 1. The molecule has 0 aliphatic heterocycles. The highest BCUT2D eigenvalue weighted by Gasteiger charge is 2.24. The van der Waals surface area contributed by atoms with Gasteiger partial charge in [0, 0.05) is 39.8 Å². The van der Waals surface area contributed by atoms with Crippen molar-refractivity contribution in [2.75, 3.05) is 11.2 Å². The van der Waals surface area contributed by atoms with Crippen molar-refractivity contribution in [1.82, 2.24) is 0 Å². The summed E-state index contributed by atoms with van der Waals surface area (Å²) >= 11 is 7.37. The van der Waals surface area contributed by atoms with Gasteiger partial charge in [-0.1, -0.05) is 29.5 Å². The molecule has 182 valence electrons. The van der Waals surface area contributed by atoms with Gasteiger partial charge in [-0.15, -0.1) is 11.6 Å². The summed E-state index contributed by atoms with van der Waals surface area (Å²) in [5, 5.41) is 2.75. The molecule has 1 unspecified atom stereocenters. The molecule has 0 aromatic heterocycles. The molecule has 0 spiro atoms. The average Bonchev–Trinajstić information content (AvgIpc) is 2.85. The standard InChI is InChI=1S/C27H25ClFNO4S/c1-18-2-10-22(11-3-18)35-23-12-8-21(9-13-23)30-25(31)14-15-26(32)34-24(16-17-28)27(33)19-4-6-20(29)7-5-19/h2-13,24H,14-17H2,1H3,(H,30,31). The van der Waals surface area contributed by atoms with Gasteiger partial charge in [0.25, 0.3) is 0 Å². The molecular weight excluding hydrogens is 489 g/mol. The second kappa shape index (κ2) is 13.1. The van der Waals surface area contributed by atoms with Crippen LogP contribution in [0.2, 0.25) is 0 Å². The topological polar surface area (TPSA) is 72.5 Å². The van der Waals surface area contributed by atoms with Gasteiger partial charge in [-0.05, 0) is 67.6 Å². The number of hydrogen-bond acceptors (Lipinski definition) is 5. The van der Waals surface area contributed by atoms with E-state index in [0.29, 0.717) is 5.69 Å². The van der Waals surface area contributed by atoms with Crippen molar-refractivity contribution >= 4 is 46.7 Å². The van der Waals surface area contributed by atoms with E-state index in [9.17, 15) is 18.8 Å². The number of nitrogens with one attached hydrogen (secondary N) is 1. The molecule has 0 radical (unpaired) electrons. The van der Waals surface area contributed by atoms with E-state index in [2.05, 4.69) is 29.6 Å². The number of halogens is 2. The molecule has 3 rings (SSSR count). The lowest BCUT2D eigenvalue weighted by molar-refractivity contribution is -0.148. The number of amides is 1. The van der Waals surface area contributed by atoms with Crippen LogP contribution in [0.5, 0.6) is 0 Å². The molecule has 3 aromatic rings. The Morgan fingerprint density at radius 2 is 1.51 bits per heavy atom. The minimum absolute atomic E-state index is 0.100. The van der Waals surface area contributed by atoms with Crippen molar-refractivity contribution in [3.05, 3.63) is 89.7 Å². The van der Waals surface area contributed by atoms with E-state index in [0.717, 1.165) is 21.9 Å². The summed E-state index contributed by atoms with van der Waals surface area (Å²) in [6.45, 7) is 2.04. The zero-order valence-electron chi connectivity index (χ0n) is 19.1. The van der Waals surface area contributed by atoms with Gasteiger partial charge in [0.1, 0.15) is 5.82 Å².